The molecule has 24 heavy (non-hydrogen) atoms. The lowest BCUT2D eigenvalue weighted by atomic mass is 10.1. The maximum absolute atomic E-state index is 12.4. The molecule has 1 heterocycles. The Kier molecular flexibility index (Phi) is 5.14. The highest BCUT2D eigenvalue weighted by Crippen LogP contribution is 2.34. The summed E-state index contributed by atoms with van der Waals surface area (Å²) in [5, 5.41) is 2.88. The molecule has 0 saturated carbocycles. The Hall–Kier alpha value is -1.95. The van der Waals surface area contributed by atoms with E-state index in [0.29, 0.717) is 16.9 Å². The van der Waals surface area contributed by atoms with Crippen LogP contribution in [0.1, 0.15) is 10.4 Å². The van der Waals surface area contributed by atoms with Gasteiger partial charge in [0.2, 0.25) is 0 Å². The van der Waals surface area contributed by atoms with Crippen molar-refractivity contribution in [2.75, 3.05) is 17.3 Å². The maximum Gasteiger partial charge on any atom is 0.255 e. The molecule has 6 heteroatoms. The number of nitrogen functional groups attached to an aromatic ring is 1. The summed E-state index contributed by atoms with van der Waals surface area (Å²) in [6.45, 7) is 0. The van der Waals surface area contributed by atoms with Crippen molar-refractivity contribution >= 4 is 52.0 Å². The number of carbonyl (C=O) groups excluding carboxylic acids is 1. The Balaban J connectivity index is 1.84. The van der Waals surface area contributed by atoms with Crippen molar-refractivity contribution in [1.29, 1.82) is 0 Å². The van der Waals surface area contributed by atoms with Crippen molar-refractivity contribution in [2.24, 2.45) is 0 Å². The van der Waals surface area contributed by atoms with Crippen LogP contribution in [-0.4, -0.2) is 12.2 Å². The van der Waals surface area contributed by atoms with Crippen molar-refractivity contribution in [3.8, 4) is 10.4 Å². The highest BCUT2D eigenvalue weighted by Gasteiger charge is 2.10. The fourth-order valence-electron chi connectivity index (χ4n) is 2.22. The summed E-state index contributed by atoms with van der Waals surface area (Å²) in [5.41, 5.74) is 8.68. The van der Waals surface area contributed by atoms with Crippen LogP contribution in [0.3, 0.4) is 0 Å². The maximum atomic E-state index is 12.4. The van der Waals surface area contributed by atoms with Crippen LogP contribution in [0.5, 0.6) is 0 Å². The number of thiophene rings is 1. The normalized spacial score (nSPS) is 10.6. The molecule has 2 aromatic carbocycles. The Bertz CT molecular complexity index is 875. The smallest absolute Gasteiger partial charge is 0.255 e. The van der Waals surface area contributed by atoms with Gasteiger partial charge in [0.15, 0.2) is 0 Å². The van der Waals surface area contributed by atoms with Crippen LogP contribution < -0.4 is 11.1 Å². The first kappa shape index (κ1) is 16.9. The average molecular weight is 375 g/mol. The lowest BCUT2D eigenvalue weighted by molar-refractivity contribution is 0.102. The first-order valence-corrected chi connectivity index (χ1v) is 9.59. The summed E-state index contributed by atoms with van der Waals surface area (Å²) in [4.78, 5) is 14.6. The molecule has 0 atom stereocenters. The molecule has 0 aliphatic carbocycles. The quantitative estimate of drug-likeness (QED) is 0.460. The molecule has 0 bridgehead atoms. The molecule has 0 aliphatic heterocycles. The van der Waals surface area contributed by atoms with Gasteiger partial charge in [-0.2, -0.15) is 0 Å². The number of hydrogen-bond donors (Lipinski definition) is 2. The zero-order valence-corrected chi connectivity index (χ0v) is 15.3. The van der Waals surface area contributed by atoms with Crippen LogP contribution in [0.25, 0.3) is 10.4 Å². The molecule has 0 unspecified atom stereocenters. The number of rotatable bonds is 4. The third-order valence-electron chi connectivity index (χ3n) is 3.51. The molecule has 0 saturated heterocycles. The van der Waals surface area contributed by atoms with Gasteiger partial charge in [-0.1, -0.05) is 17.7 Å². The van der Waals surface area contributed by atoms with Gasteiger partial charge >= 0.3 is 0 Å². The minimum Gasteiger partial charge on any atom is -0.397 e. The molecule has 0 radical (unpaired) electrons. The van der Waals surface area contributed by atoms with Gasteiger partial charge < -0.3 is 11.1 Å². The van der Waals surface area contributed by atoms with Gasteiger partial charge in [0.05, 0.1) is 15.7 Å². The molecular formula is C18H15ClN2OS2. The highest BCUT2D eigenvalue weighted by atomic mass is 35.5. The van der Waals surface area contributed by atoms with Crippen LogP contribution >= 0.6 is 34.7 Å². The molecular weight excluding hydrogens is 360 g/mol. The number of thioether (sulfide) groups is 1. The number of nitrogens with one attached hydrogen (secondary N) is 1. The third kappa shape index (κ3) is 3.75. The number of hydrogen-bond acceptors (Lipinski definition) is 4. The van der Waals surface area contributed by atoms with Crippen molar-refractivity contribution in [2.45, 2.75) is 4.90 Å². The van der Waals surface area contributed by atoms with Gasteiger partial charge in [0.25, 0.3) is 5.91 Å². The van der Waals surface area contributed by atoms with Gasteiger partial charge in [0, 0.05) is 15.3 Å². The average Bonchev–Trinajstić information content (AvgIpc) is 3.03. The second kappa shape index (κ2) is 7.30. The van der Waals surface area contributed by atoms with E-state index in [1.165, 1.54) is 11.3 Å². The van der Waals surface area contributed by atoms with Crippen molar-refractivity contribution in [3.05, 3.63) is 64.5 Å². The molecule has 1 aromatic heterocycles. The number of carbonyl (C=O) groups is 1. The van der Waals surface area contributed by atoms with Crippen LogP contribution in [0, 0.1) is 0 Å². The van der Waals surface area contributed by atoms with E-state index in [1.54, 1.807) is 30.0 Å². The van der Waals surface area contributed by atoms with Crippen LogP contribution in [0.4, 0.5) is 11.4 Å². The molecule has 3 aromatic rings. The highest BCUT2D eigenvalue weighted by molar-refractivity contribution is 7.98. The van der Waals surface area contributed by atoms with Gasteiger partial charge in [0.1, 0.15) is 0 Å². The number of nitrogens with two attached hydrogens (primary N) is 1. The van der Waals surface area contributed by atoms with E-state index in [0.717, 1.165) is 19.7 Å². The second-order valence-electron chi connectivity index (χ2n) is 5.09. The summed E-state index contributed by atoms with van der Waals surface area (Å²) >= 11 is 9.11. The molecule has 3 rings (SSSR count). The van der Waals surface area contributed by atoms with Gasteiger partial charge in [-0.15, -0.1) is 23.1 Å². The minimum atomic E-state index is -0.185. The molecule has 1 amide bonds. The summed E-state index contributed by atoms with van der Waals surface area (Å²) in [6, 6.07) is 16.8. The number of amides is 1. The predicted octanol–water partition coefficient (Wildman–Crippen LogP) is 5.62. The Morgan fingerprint density at radius 1 is 1.12 bits per heavy atom. The van der Waals surface area contributed by atoms with Crippen molar-refractivity contribution in [3.63, 3.8) is 0 Å². The summed E-state index contributed by atoms with van der Waals surface area (Å²) < 4.78 is 0.723. The van der Waals surface area contributed by atoms with E-state index in [9.17, 15) is 4.79 Å². The molecule has 3 N–H and O–H groups in total. The van der Waals surface area contributed by atoms with E-state index in [2.05, 4.69) is 5.32 Å². The topological polar surface area (TPSA) is 55.1 Å². The van der Waals surface area contributed by atoms with E-state index in [4.69, 9.17) is 17.3 Å². The van der Waals surface area contributed by atoms with E-state index >= 15 is 0 Å². The van der Waals surface area contributed by atoms with E-state index in [-0.39, 0.29) is 5.91 Å². The van der Waals surface area contributed by atoms with Crippen molar-refractivity contribution < 1.29 is 4.79 Å². The number of benzene rings is 2. The molecule has 0 spiro atoms. The molecule has 0 aliphatic rings. The van der Waals surface area contributed by atoms with Crippen LogP contribution in [-0.2, 0) is 0 Å². The lowest BCUT2D eigenvalue weighted by Crippen LogP contribution is -2.13. The van der Waals surface area contributed by atoms with Gasteiger partial charge in [-0.25, -0.2) is 0 Å². The summed E-state index contributed by atoms with van der Waals surface area (Å²) in [6.07, 6.45) is 2.00. The molecule has 0 fully saturated rings. The minimum absolute atomic E-state index is 0.185. The first-order valence-electron chi connectivity index (χ1n) is 7.17. The first-order chi connectivity index (χ1) is 11.6. The standard InChI is InChI=1S/C18H15ClN2OS2/c1-23-13-5-2-11(3-6-13)18(22)21-15-10-12(4-7-14(15)20)16-8-9-17(19)24-16/h2-10H,20H2,1H3,(H,21,22). The zero-order valence-electron chi connectivity index (χ0n) is 12.9. The van der Waals surface area contributed by atoms with E-state index < -0.39 is 0 Å². The molecule has 122 valence electrons. The Labute approximate surface area is 153 Å². The SMILES string of the molecule is CSc1ccc(C(=O)Nc2cc(-c3ccc(Cl)s3)ccc2N)cc1. The van der Waals surface area contributed by atoms with Crippen LogP contribution in [0.15, 0.2) is 59.5 Å². The summed E-state index contributed by atoms with van der Waals surface area (Å²) in [7, 11) is 0. The van der Waals surface area contributed by atoms with Gasteiger partial charge in [-0.3, -0.25) is 4.79 Å². The summed E-state index contributed by atoms with van der Waals surface area (Å²) in [5.74, 6) is -0.185. The molecule has 3 nitrogen and oxygen atoms in total. The number of anilines is 2. The van der Waals surface area contributed by atoms with Crippen molar-refractivity contribution in [1.82, 2.24) is 0 Å². The largest absolute Gasteiger partial charge is 0.397 e. The lowest BCUT2D eigenvalue weighted by Gasteiger charge is -2.10. The van der Waals surface area contributed by atoms with Gasteiger partial charge in [-0.05, 0) is 60.4 Å². The fourth-order valence-corrected chi connectivity index (χ4v) is 3.67. The zero-order chi connectivity index (χ0) is 17.1. The second-order valence-corrected chi connectivity index (χ2v) is 7.68. The monoisotopic (exact) mass is 374 g/mol. The Morgan fingerprint density at radius 2 is 1.88 bits per heavy atom. The van der Waals surface area contributed by atoms with Crippen LogP contribution in [0.2, 0.25) is 4.34 Å². The van der Waals surface area contributed by atoms with E-state index in [1.807, 2.05) is 42.7 Å². The predicted molar refractivity (Wildman–Crippen MR) is 105 cm³/mol. The Morgan fingerprint density at radius 3 is 2.50 bits per heavy atom. The third-order valence-corrected chi connectivity index (χ3v) is 5.54. The number of halogens is 1. The fraction of sp³-hybridized carbons (Fsp3) is 0.0556.